The SMILES string of the molecule is C=C=C(C)OOCCOC(=O)CCCCCOC(=O)c1cc(C(=O)O)c(C(=O)OCCOOC(C)=C=C)cc1C(=O)O.C=C=C(C)OOCCOC(=O)CCCCCOC(=O)c1cc(C(=O)OCCOOC(C)=C=C)c(C(=O)O)cc1C(=O)O. The first kappa shape index (κ1) is 72.3. The number of esters is 6. The molecule has 0 saturated heterocycles. The smallest absolute Gasteiger partial charge is 0.339 e. The van der Waals surface area contributed by atoms with Gasteiger partial charge in [-0.05, 0) is 62.8 Å². The Labute approximate surface area is 480 Å². The van der Waals surface area contributed by atoms with E-state index in [1.165, 1.54) is 13.8 Å². The molecule has 0 bridgehead atoms. The molecule has 0 amide bonds. The molecule has 2 aromatic rings. The lowest BCUT2D eigenvalue weighted by Crippen LogP contribution is -2.19. The van der Waals surface area contributed by atoms with E-state index < -0.39 is 104 Å². The molecule has 84 heavy (non-hydrogen) atoms. The highest BCUT2D eigenvalue weighted by Crippen LogP contribution is 2.23. The molecule has 0 unspecified atom stereocenters. The fourth-order valence-corrected chi connectivity index (χ4v) is 5.82. The maximum absolute atomic E-state index is 12.7. The van der Waals surface area contributed by atoms with Crippen molar-refractivity contribution in [3.05, 3.63) is 141 Å². The van der Waals surface area contributed by atoms with Gasteiger partial charge in [-0.1, -0.05) is 49.2 Å². The minimum absolute atomic E-state index is 0.0152. The largest absolute Gasteiger partial charge is 0.478 e. The second-order valence-corrected chi connectivity index (χ2v) is 16.3. The number of carbonyl (C=O) groups is 10. The Kier molecular flexibility index (Phi) is 35.5. The lowest BCUT2D eigenvalue weighted by atomic mass is 9.98. The van der Waals surface area contributed by atoms with Crippen molar-refractivity contribution < 1.29 is 136 Å². The third-order valence-corrected chi connectivity index (χ3v) is 10.0. The normalized spacial score (nSPS) is 9.95. The van der Waals surface area contributed by atoms with Crippen LogP contribution in [0.5, 0.6) is 0 Å². The molecular formula is C56H64O28. The zero-order valence-electron chi connectivity index (χ0n) is 46.5. The van der Waals surface area contributed by atoms with Crippen LogP contribution in [-0.4, -0.2) is 146 Å². The average molecular weight is 1190 g/mol. The van der Waals surface area contributed by atoms with Crippen LogP contribution in [-0.2, 0) is 77.1 Å². The zero-order chi connectivity index (χ0) is 63.0. The molecule has 0 fully saturated rings. The number of hydrogen-bond donors (Lipinski definition) is 4. The fourth-order valence-electron chi connectivity index (χ4n) is 5.82. The molecule has 0 atom stereocenters. The molecule has 0 aliphatic heterocycles. The highest BCUT2D eigenvalue weighted by molar-refractivity contribution is 6.11. The Morgan fingerprint density at radius 1 is 0.321 bits per heavy atom. The van der Waals surface area contributed by atoms with Crippen molar-refractivity contribution >= 4 is 59.7 Å². The van der Waals surface area contributed by atoms with Gasteiger partial charge in [-0.25, -0.2) is 38.4 Å². The third-order valence-electron chi connectivity index (χ3n) is 10.0. The Morgan fingerprint density at radius 3 is 0.798 bits per heavy atom. The van der Waals surface area contributed by atoms with Crippen molar-refractivity contribution in [3.63, 3.8) is 0 Å². The number of carboxylic acid groups (broad SMARTS) is 4. The highest BCUT2D eigenvalue weighted by atomic mass is 17.2. The van der Waals surface area contributed by atoms with Crippen LogP contribution in [0.15, 0.2) is 96.5 Å². The standard InChI is InChI=1S/2C28H32O14/c1-5-18(3)41-39-14-12-36-24(29)10-8-7-9-11-37-27(34)22-16-21(26(32)33)23(17-20(22)25(30)31)28(35)38-13-15-40-42-19(4)6-2;1-5-18(3)41-39-14-12-36-24(29)10-8-7-9-11-37-27(34)22-17-23(21(26(32)33)16-20(22)25(30)31)28(35)38-13-15-40-42-19(4)6-2/h2*16-17H,1-2,7-15H2,3-4H3,(H,30,31)(H,32,33). The summed E-state index contributed by atoms with van der Waals surface area (Å²) in [5.74, 6) is -10.7. The van der Waals surface area contributed by atoms with Crippen LogP contribution in [0.2, 0.25) is 0 Å². The number of unbranched alkanes of at least 4 members (excludes halogenated alkanes) is 4. The second kappa shape index (κ2) is 41.3. The van der Waals surface area contributed by atoms with Gasteiger partial charge in [-0.2, -0.15) is 19.6 Å². The monoisotopic (exact) mass is 1180 g/mol. The summed E-state index contributed by atoms with van der Waals surface area (Å²) in [6.07, 6.45) is 2.66. The fraction of sp³-hybridized carbons (Fsp3) is 0.393. The number of aromatic carboxylic acids is 4. The predicted octanol–water partition coefficient (Wildman–Crippen LogP) is 7.55. The zero-order valence-corrected chi connectivity index (χ0v) is 46.5. The number of hydrogen-bond acceptors (Lipinski definition) is 24. The van der Waals surface area contributed by atoms with Crippen LogP contribution < -0.4 is 0 Å². The van der Waals surface area contributed by atoms with Crippen LogP contribution in [0.4, 0.5) is 0 Å². The Balaban J connectivity index is 0.000000840. The van der Waals surface area contributed by atoms with E-state index in [4.69, 9.17) is 67.5 Å². The number of carbonyl (C=O) groups excluding carboxylic acids is 6. The molecule has 0 aliphatic carbocycles. The van der Waals surface area contributed by atoms with Gasteiger partial charge in [-0.3, -0.25) is 9.59 Å². The minimum Gasteiger partial charge on any atom is -0.478 e. The predicted molar refractivity (Wildman–Crippen MR) is 282 cm³/mol. The van der Waals surface area contributed by atoms with Crippen molar-refractivity contribution in [2.45, 2.75) is 79.1 Å². The molecule has 0 heterocycles. The highest BCUT2D eigenvalue weighted by Gasteiger charge is 2.29. The average Bonchev–Trinajstić information content (AvgIpc) is 1.52. The van der Waals surface area contributed by atoms with E-state index in [0.29, 0.717) is 56.1 Å². The molecule has 0 spiro atoms. The number of allylic oxidation sites excluding steroid dienone is 4. The quantitative estimate of drug-likeness (QED) is 0.00951. The summed E-state index contributed by atoms with van der Waals surface area (Å²) in [5, 5.41) is 38.1. The van der Waals surface area contributed by atoms with Gasteiger partial charge in [0.05, 0.1) is 57.7 Å². The van der Waals surface area contributed by atoms with E-state index in [0.717, 1.165) is 18.2 Å². The molecule has 28 heteroatoms. The van der Waals surface area contributed by atoms with Gasteiger partial charge in [-0.15, -0.1) is 0 Å². The van der Waals surface area contributed by atoms with Gasteiger partial charge in [0.1, 0.15) is 52.9 Å². The van der Waals surface area contributed by atoms with Crippen molar-refractivity contribution in [2.75, 3.05) is 66.1 Å². The van der Waals surface area contributed by atoms with E-state index in [9.17, 15) is 68.4 Å². The van der Waals surface area contributed by atoms with E-state index in [1.807, 2.05) is 0 Å². The molecule has 2 rings (SSSR count). The second-order valence-electron chi connectivity index (χ2n) is 16.3. The minimum atomic E-state index is -1.62. The summed E-state index contributed by atoms with van der Waals surface area (Å²) in [6.45, 7) is 18.2. The van der Waals surface area contributed by atoms with Gasteiger partial charge < -0.3 is 68.4 Å². The van der Waals surface area contributed by atoms with Gasteiger partial charge in [0.25, 0.3) is 0 Å². The maximum Gasteiger partial charge on any atom is 0.339 e. The molecule has 4 N–H and O–H groups in total. The Morgan fingerprint density at radius 2 is 0.548 bits per heavy atom. The van der Waals surface area contributed by atoms with Crippen LogP contribution in [0, 0.1) is 0 Å². The van der Waals surface area contributed by atoms with Crippen LogP contribution in [0.1, 0.15) is 162 Å². The van der Waals surface area contributed by atoms with Crippen molar-refractivity contribution in [1.82, 2.24) is 0 Å². The maximum atomic E-state index is 12.7. The summed E-state index contributed by atoms with van der Waals surface area (Å²) in [4.78, 5) is 159. The number of benzene rings is 2. The van der Waals surface area contributed by atoms with E-state index in [1.54, 1.807) is 13.8 Å². The molecule has 456 valence electrons. The van der Waals surface area contributed by atoms with Crippen LogP contribution in [0.3, 0.4) is 0 Å². The number of ether oxygens (including phenoxy) is 6. The first-order valence-corrected chi connectivity index (χ1v) is 25.0. The lowest BCUT2D eigenvalue weighted by Gasteiger charge is -2.12. The van der Waals surface area contributed by atoms with Gasteiger partial charge in [0, 0.05) is 40.5 Å². The Bertz CT molecular complexity index is 2850. The summed E-state index contributed by atoms with van der Waals surface area (Å²) in [5.41, 5.74) is 4.80. The van der Waals surface area contributed by atoms with E-state index in [-0.39, 0.29) is 90.4 Å². The summed E-state index contributed by atoms with van der Waals surface area (Å²) in [7, 11) is 0. The van der Waals surface area contributed by atoms with Gasteiger partial charge in [0.15, 0.2) is 23.0 Å². The first-order valence-electron chi connectivity index (χ1n) is 25.0. The molecule has 28 nitrogen and oxygen atoms in total. The summed E-state index contributed by atoms with van der Waals surface area (Å²) in [6, 6.07) is 2.93. The van der Waals surface area contributed by atoms with Gasteiger partial charge in [0.2, 0.25) is 0 Å². The van der Waals surface area contributed by atoms with Gasteiger partial charge >= 0.3 is 59.7 Å². The topological polar surface area (TPSA) is 381 Å². The molecule has 0 saturated carbocycles. The molecule has 0 aliphatic rings. The first-order chi connectivity index (χ1) is 40.0. The molecule has 0 aromatic heterocycles. The number of carboxylic acids is 4. The summed E-state index contributed by atoms with van der Waals surface area (Å²) >= 11 is 0. The van der Waals surface area contributed by atoms with Crippen LogP contribution in [0.25, 0.3) is 0 Å². The molecule has 2 aromatic carbocycles. The molecular weight excluding hydrogens is 1120 g/mol. The lowest BCUT2D eigenvalue weighted by molar-refractivity contribution is -0.266. The number of rotatable bonds is 40. The van der Waals surface area contributed by atoms with Crippen LogP contribution >= 0.6 is 0 Å². The van der Waals surface area contributed by atoms with Crippen molar-refractivity contribution in [3.8, 4) is 0 Å². The van der Waals surface area contributed by atoms with Crippen molar-refractivity contribution in [2.24, 2.45) is 0 Å². The Hall–Kier alpha value is -9.74. The van der Waals surface area contributed by atoms with E-state index >= 15 is 0 Å². The molecule has 0 radical (unpaired) electrons. The van der Waals surface area contributed by atoms with Crippen molar-refractivity contribution in [1.29, 1.82) is 0 Å². The third kappa shape index (κ3) is 29.1. The summed E-state index contributed by atoms with van der Waals surface area (Å²) < 4.78 is 30.0. The van der Waals surface area contributed by atoms with E-state index in [2.05, 4.69) is 49.2 Å².